The van der Waals surface area contributed by atoms with Crippen LogP contribution in [0.4, 0.5) is 5.69 Å². The van der Waals surface area contributed by atoms with Gasteiger partial charge in [0.25, 0.3) is 5.91 Å². The van der Waals surface area contributed by atoms with Crippen molar-refractivity contribution in [3.05, 3.63) is 29.8 Å². The van der Waals surface area contributed by atoms with Gasteiger partial charge < -0.3 is 10.2 Å². The Bertz CT molecular complexity index is 565. The summed E-state index contributed by atoms with van der Waals surface area (Å²) in [5, 5.41) is 2.90. The Morgan fingerprint density at radius 1 is 1.35 bits per heavy atom. The smallest absolute Gasteiger partial charge is 0.253 e. The summed E-state index contributed by atoms with van der Waals surface area (Å²) in [5.41, 5.74) is 1.28. The molecule has 1 saturated heterocycles. The lowest BCUT2D eigenvalue weighted by atomic mass is 9.91. The predicted octanol–water partition coefficient (Wildman–Crippen LogP) is 1.88. The van der Waals surface area contributed by atoms with Crippen LogP contribution >= 0.6 is 0 Å². The van der Waals surface area contributed by atoms with Crippen molar-refractivity contribution in [1.29, 1.82) is 0 Å². The second-order valence-electron chi connectivity index (χ2n) is 5.94. The molecule has 1 aliphatic heterocycles. The van der Waals surface area contributed by atoms with Crippen LogP contribution in [0.1, 0.15) is 32.3 Å². The average Bonchev–Trinajstić information content (AvgIpc) is 3.28. The van der Waals surface area contributed by atoms with E-state index < -0.39 is 5.54 Å². The number of hydrogen-bond acceptors (Lipinski definition) is 2. The molecular formula is C16H20N2O2. The molecule has 3 rings (SSSR count). The highest BCUT2D eigenvalue weighted by atomic mass is 16.2. The molecule has 2 aliphatic rings. The minimum Gasteiger partial charge on any atom is -0.340 e. The standard InChI is InChI=1S/C16H20N2O2/c1-3-11-5-4-6-13(9-11)18-10-14(19)17-16(2,15(18)20)12-7-8-12/h4-6,9,12H,3,7-8,10H2,1-2H3,(H,17,19). The average molecular weight is 272 g/mol. The van der Waals surface area contributed by atoms with E-state index in [9.17, 15) is 9.59 Å². The molecule has 4 nitrogen and oxygen atoms in total. The zero-order valence-electron chi connectivity index (χ0n) is 12.0. The van der Waals surface area contributed by atoms with Gasteiger partial charge in [0, 0.05) is 5.69 Å². The van der Waals surface area contributed by atoms with E-state index in [0.29, 0.717) is 0 Å². The SMILES string of the molecule is CCc1cccc(N2CC(=O)NC(C)(C3CC3)C2=O)c1. The third-order valence-corrected chi connectivity index (χ3v) is 4.41. The number of carbonyl (C=O) groups excluding carboxylic acids is 2. The van der Waals surface area contributed by atoms with E-state index in [4.69, 9.17) is 0 Å². The second-order valence-corrected chi connectivity index (χ2v) is 5.94. The summed E-state index contributed by atoms with van der Waals surface area (Å²) in [6.07, 6.45) is 2.96. The molecule has 20 heavy (non-hydrogen) atoms. The number of rotatable bonds is 3. The minimum atomic E-state index is -0.725. The zero-order valence-corrected chi connectivity index (χ0v) is 12.0. The first-order valence-corrected chi connectivity index (χ1v) is 7.26. The molecule has 106 valence electrons. The van der Waals surface area contributed by atoms with Crippen molar-refractivity contribution in [2.45, 2.75) is 38.6 Å². The van der Waals surface area contributed by atoms with Gasteiger partial charge in [-0.2, -0.15) is 0 Å². The largest absolute Gasteiger partial charge is 0.340 e. The zero-order chi connectivity index (χ0) is 14.3. The van der Waals surface area contributed by atoms with Crippen molar-refractivity contribution in [3.63, 3.8) is 0 Å². The molecule has 0 bridgehead atoms. The van der Waals surface area contributed by atoms with Crippen LogP contribution in [0.15, 0.2) is 24.3 Å². The molecule has 1 atom stereocenters. The van der Waals surface area contributed by atoms with Crippen molar-refractivity contribution >= 4 is 17.5 Å². The summed E-state index contributed by atoms with van der Waals surface area (Å²) in [4.78, 5) is 26.4. The van der Waals surface area contributed by atoms with Gasteiger partial charge in [0.1, 0.15) is 12.1 Å². The van der Waals surface area contributed by atoms with Crippen molar-refractivity contribution in [2.75, 3.05) is 11.4 Å². The van der Waals surface area contributed by atoms with Crippen LogP contribution in [-0.4, -0.2) is 23.9 Å². The van der Waals surface area contributed by atoms with Gasteiger partial charge in [-0.3, -0.25) is 9.59 Å². The number of carbonyl (C=O) groups is 2. The molecule has 0 aromatic heterocycles. The quantitative estimate of drug-likeness (QED) is 0.913. The normalized spacial score (nSPS) is 26.6. The molecular weight excluding hydrogens is 252 g/mol. The monoisotopic (exact) mass is 272 g/mol. The Hall–Kier alpha value is -1.84. The first-order chi connectivity index (χ1) is 9.54. The van der Waals surface area contributed by atoms with Gasteiger partial charge in [0.05, 0.1) is 0 Å². The molecule has 4 heteroatoms. The maximum absolute atomic E-state index is 12.8. The van der Waals surface area contributed by atoms with Gasteiger partial charge >= 0.3 is 0 Å². The first-order valence-electron chi connectivity index (χ1n) is 7.26. The number of piperazine rings is 1. The van der Waals surface area contributed by atoms with Crippen LogP contribution in [-0.2, 0) is 16.0 Å². The summed E-state index contributed by atoms with van der Waals surface area (Å²) in [6, 6.07) is 7.90. The van der Waals surface area contributed by atoms with Gasteiger partial charge in [-0.05, 0) is 49.8 Å². The lowest BCUT2D eigenvalue weighted by molar-refractivity contribution is -0.136. The topological polar surface area (TPSA) is 49.4 Å². The van der Waals surface area contributed by atoms with E-state index in [-0.39, 0.29) is 24.3 Å². The van der Waals surface area contributed by atoms with Crippen molar-refractivity contribution in [3.8, 4) is 0 Å². The highest BCUT2D eigenvalue weighted by Crippen LogP contribution is 2.42. The third-order valence-electron chi connectivity index (χ3n) is 4.41. The fourth-order valence-corrected chi connectivity index (χ4v) is 2.97. The van der Waals surface area contributed by atoms with Gasteiger partial charge in [0.15, 0.2) is 0 Å². The Balaban J connectivity index is 1.95. The Kier molecular flexibility index (Phi) is 3.04. The second kappa shape index (κ2) is 4.62. The molecule has 1 N–H and O–H groups in total. The summed E-state index contributed by atoms with van der Waals surface area (Å²) in [6.45, 7) is 4.06. The molecule has 1 aliphatic carbocycles. The lowest BCUT2D eigenvalue weighted by Crippen LogP contribution is -2.66. The lowest BCUT2D eigenvalue weighted by Gasteiger charge is -2.40. The van der Waals surface area contributed by atoms with E-state index in [2.05, 4.69) is 12.2 Å². The van der Waals surface area contributed by atoms with E-state index >= 15 is 0 Å². The first kappa shape index (κ1) is 13.2. The number of anilines is 1. The summed E-state index contributed by atoms with van der Waals surface area (Å²) < 4.78 is 0. The number of hydrogen-bond donors (Lipinski definition) is 1. The van der Waals surface area contributed by atoms with Crippen LogP contribution in [0, 0.1) is 5.92 Å². The van der Waals surface area contributed by atoms with Crippen LogP contribution < -0.4 is 10.2 Å². The van der Waals surface area contributed by atoms with Gasteiger partial charge in [0.2, 0.25) is 5.91 Å². The van der Waals surface area contributed by atoms with E-state index in [1.165, 1.54) is 5.56 Å². The minimum absolute atomic E-state index is 0.0212. The van der Waals surface area contributed by atoms with Crippen molar-refractivity contribution in [1.82, 2.24) is 5.32 Å². The molecule has 1 heterocycles. The highest BCUT2D eigenvalue weighted by Gasteiger charge is 2.52. The number of nitrogens with zero attached hydrogens (tertiary/aromatic N) is 1. The van der Waals surface area contributed by atoms with Gasteiger partial charge in [-0.15, -0.1) is 0 Å². The Morgan fingerprint density at radius 3 is 2.75 bits per heavy atom. The number of amides is 2. The van der Waals surface area contributed by atoms with Crippen molar-refractivity contribution < 1.29 is 9.59 Å². The molecule has 2 fully saturated rings. The van der Waals surface area contributed by atoms with Crippen LogP contribution in [0.2, 0.25) is 0 Å². The molecule has 1 aromatic rings. The molecule has 0 spiro atoms. The Morgan fingerprint density at radius 2 is 2.10 bits per heavy atom. The van der Waals surface area contributed by atoms with E-state index in [1.54, 1.807) is 4.90 Å². The molecule has 1 aromatic carbocycles. The van der Waals surface area contributed by atoms with Crippen molar-refractivity contribution in [2.24, 2.45) is 5.92 Å². The highest BCUT2D eigenvalue weighted by molar-refractivity contribution is 6.09. The van der Waals surface area contributed by atoms with E-state index in [1.807, 2.05) is 31.2 Å². The van der Waals surface area contributed by atoms with Crippen LogP contribution in [0.3, 0.4) is 0 Å². The number of benzene rings is 1. The molecule has 0 radical (unpaired) electrons. The Labute approximate surface area is 119 Å². The molecule has 1 unspecified atom stereocenters. The summed E-state index contributed by atoms with van der Waals surface area (Å²) in [7, 11) is 0. The fraction of sp³-hybridized carbons (Fsp3) is 0.500. The maximum Gasteiger partial charge on any atom is 0.253 e. The third kappa shape index (κ3) is 2.09. The fourth-order valence-electron chi connectivity index (χ4n) is 2.97. The van der Waals surface area contributed by atoms with Gasteiger partial charge in [-0.1, -0.05) is 19.1 Å². The van der Waals surface area contributed by atoms with E-state index in [0.717, 1.165) is 24.9 Å². The van der Waals surface area contributed by atoms with Gasteiger partial charge in [-0.25, -0.2) is 0 Å². The molecule has 2 amide bonds. The number of aryl methyl sites for hydroxylation is 1. The predicted molar refractivity (Wildman–Crippen MR) is 77.4 cm³/mol. The number of nitrogens with one attached hydrogen (secondary N) is 1. The van der Waals surface area contributed by atoms with Crippen LogP contribution in [0.5, 0.6) is 0 Å². The summed E-state index contributed by atoms with van der Waals surface area (Å²) >= 11 is 0. The maximum atomic E-state index is 12.8. The van der Waals surface area contributed by atoms with Crippen LogP contribution in [0.25, 0.3) is 0 Å². The molecule has 1 saturated carbocycles. The summed E-state index contributed by atoms with van der Waals surface area (Å²) in [5.74, 6) is 0.241.